The smallest absolute Gasteiger partial charge is 0.276 e. The molecular formula is C15H11BrN6O2. The van der Waals surface area contributed by atoms with Gasteiger partial charge in [-0.25, -0.2) is 0 Å². The molecule has 0 aromatic carbocycles. The third-order valence-corrected chi connectivity index (χ3v) is 3.95. The lowest BCUT2D eigenvalue weighted by Gasteiger charge is -2.25. The second-order valence-corrected chi connectivity index (χ2v) is 5.52. The summed E-state index contributed by atoms with van der Waals surface area (Å²) in [5.41, 5.74) is -0.396. The number of hydrogen-bond donors (Lipinski definition) is 1. The number of pyridine rings is 1. The molecule has 24 heavy (non-hydrogen) atoms. The Morgan fingerprint density at radius 1 is 1.12 bits per heavy atom. The van der Waals surface area contributed by atoms with Crippen LogP contribution in [0.1, 0.15) is 17.5 Å². The summed E-state index contributed by atoms with van der Waals surface area (Å²) >= 11 is 3.31. The van der Waals surface area contributed by atoms with Crippen LogP contribution in [-0.2, 0) is 10.9 Å². The van der Waals surface area contributed by atoms with Crippen molar-refractivity contribution in [3.63, 3.8) is 0 Å². The highest BCUT2D eigenvalue weighted by Gasteiger charge is 2.42. The van der Waals surface area contributed by atoms with E-state index < -0.39 is 5.54 Å². The van der Waals surface area contributed by atoms with Crippen molar-refractivity contribution in [2.45, 2.75) is 10.9 Å². The van der Waals surface area contributed by atoms with Gasteiger partial charge < -0.3 is 14.4 Å². The van der Waals surface area contributed by atoms with Crippen molar-refractivity contribution in [1.82, 2.24) is 30.6 Å². The Labute approximate surface area is 144 Å². The highest BCUT2D eigenvalue weighted by atomic mass is 79.9. The molecule has 120 valence electrons. The zero-order valence-electron chi connectivity index (χ0n) is 12.3. The van der Waals surface area contributed by atoms with Gasteiger partial charge in [-0.2, -0.15) is 9.97 Å². The molecule has 1 N–H and O–H groups in total. The fourth-order valence-electron chi connectivity index (χ4n) is 2.30. The van der Waals surface area contributed by atoms with Crippen molar-refractivity contribution in [1.29, 1.82) is 0 Å². The molecule has 4 rings (SSSR count). The Morgan fingerprint density at radius 2 is 2.08 bits per heavy atom. The molecule has 1 aliphatic rings. The molecule has 3 aromatic rings. The maximum Gasteiger partial charge on any atom is 0.276 e. The monoisotopic (exact) mass is 386 g/mol. The molecule has 8 nitrogen and oxygen atoms in total. The summed E-state index contributed by atoms with van der Waals surface area (Å²) in [6, 6.07) is 5.46. The van der Waals surface area contributed by atoms with Crippen LogP contribution in [0.15, 0.2) is 57.9 Å². The average Bonchev–Trinajstić information content (AvgIpc) is 3.33. The molecule has 0 spiro atoms. The van der Waals surface area contributed by atoms with Gasteiger partial charge in [-0.3, -0.25) is 4.98 Å². The summed E-state index contributed by atoms with van der Waals surface area (Å²) in [6.45, 7) is 0. The summed E-state index contributed by atoms with van der Waals surface area (Å²) in [4.78, 5) is 13.0. The molecule has 9 heteroatoms. The number of dihydropyridines is 1. The number of allylic oxidation sites excluding steroid dienone is 2. The second kappa shape index (κ2) is 6.00. The normalized spacial score (nSPS) is 19.4. The van der Waals surface area contributed by atoms with Gasteiger partial charge in [0.25, 0.3) is 11.8 Å². The number of halogens is 1. The first kappa shape index (κ1) is 14.8. The minimum Gasteiger partial charge on any atom is -0.368 e. The van der Waals surface area contributed by atoms with E-state index in [1.165, 1.54) is 0 Å². The van der Waals surface area contributed by atoms with E-state index in [1.807, 2.05) is 30.4 Å². The predicted octanol–water partition coefficient (Wildman–Crippen LogP) is 2.33. The van der Waals surface area contributed by atoms with Crippen molar-refractivity contribution in [3.05, 3.63) is 66.4 Å². The SMILES string of the molecule is BrCc1noc(C2(c3noc(-c4ccccn4)n3)C=CC=CN2)n1. The number of hydrogen-bond acceptors (Lipinski definition) is 8. The highest BCUT2D eigenvalue weighted by Crippen LogP contribution is 2.31. The van der Waals surface area contributed by atoms with Crippen LogP contribution in [0.4, 0.5) is 0 Å². The lowest BCUT2D eigenvalue weighted by molar-refractivity contribution is 0.305. The van der Waals surface area contributed by atoms with E-state index in [4.69, 9.17) is 9.05 Å². The third-order valence-electron chi connectivity index (χ3n) is 3.45. The van der Waals surface area contributed by atoms with Crippen molar-refractivity contribution in [2.24, 2.45) is 0 Å². The zero-order chi connectivity index (χ0) is 16.4. The van der Waals surface area contributed by atoms with E-state index in [0.29, 0.717) is 34.5 Å². The highest BCUT2D eigenvalue weighted by molar-refractivity contribution is 9.08. The van der Waals surface area contributed by atoms with Gasteiger partial charge in [-0.15, -0.1) is 0 Å². The van der Waals surface area contributed by atoms with E-state index in [2.05, 4.69) is 46.5 Å². The first-order chi connectivity index (χ1) is 11.8. The summed E-state index contributed by atoms with van der Waals surface area (Å²) in [5, 5.41) is 11.7. The Kier molecular flexibility index (Phi) is 3.69. The van der Waals surface area contributed by atoms with Gasteiger partial charge in [-0.1, -0.05) is 38.4 Å². The summed E-state index contributed by atoms with van der Waals surface area (Å²) in [6.07, 6.45) is 8.96. The molecule has 4 heterocycles. The van der Waals surface area contributed by atoms with Gasteiger partial charge in [0.15, 0.2) is 11.4 Å². The molecule has 0 aliphatic carbocycles. The lowest BCUT2D eigenvalue weighted by atomic mass is 9.96. The number of alkyl halides is 1. The first-order valence-corrected chi connectivity index (χ1v) is 8.21. The lowest BCUT2D eigenvalue weighted by Crippen LogP contribution is -2.41. The number of nitrogens with zero attached hydrogens (tertiary/aromatic N) is 5. The van der Waals surface area contributed by atoms with E-state index in [-0.39, 0.29) is 0 Å². The van der Waals surface area contributed by atoms with Crippen LogP contribution in [0.3, 0.4) is 0 Å². The summed E-state index contributed by atoms with van der Waals surface area (Å²) in [5.74, 6) is 1.52. The Balaban J connectivity index is 1.79. The topological polar surface area (TPSA) is 103 Å². The third kappa shape index (κ3) is 2.42. The maximum absolute atomic E-state index is 5.39. The minimum absolute atomic E-state index is 0.315. The van der Waals surface area contributed by atoms with Gasteiger partial charge in [0, 0.05) is 6.20 Å². The standard InChI is InChI=1S/C15H11BrN6O2/c16-9-11-19-14(24-21-11)15(6-2-4-8-18-15)13-20-12(23-22-13)10-5-1-3-7-17-10/h1-8,18H,9H2. The van der Waals surface area contributed by atoms with Gasteiger partial charge in [0.05, 0.1) is 5.33 Å². The molecule has 0 fully saturated rings. The molecular weight excluding hydrogens is 376 g/mol. The van der Waals surface area contributed by atoms with Crippen molar-refractivity contribution >= 4 is 15.9 Å². The number of nitrogens with one attached hydrogen (secondary N) is 1. The van der Waals surface area contributed by atoms with Gasteiger partial charge in [0.2, 0.25) is 5.82 Å². The van der Waals surface area contributed by atoms with Crippen LogP contribution in [0, 0.1) is 0 Å². The van der Waals surface area contributed by atoms with Crippen molar-refractivity contribution < 1.29 is 9.05 Å². The fourth-order valence-corrected chi connectivity index (χ4v) is 2.52. The fraction of sp³-hybridized carbons (Fsp3) is 0.133. The molecule has 0 radical (unpaired) electrons. The van der Waals surface area contributed by atoms with Crippen LogP contribution in [0.2, 0.25) is 0 Å². The van der Waals surface area contributed by atoms with Crippen LogP contribution < -0.4 is 5.32 Å². The molecule has 0 saturated carbocycles. The van der Waals surface area contributed by atoms with E-state index >= 15 is 0 Å². The van der Waals surface area contributed by atoms with E-state index in [9.17, 15) is 0 Å². The van der Waals surface area contributed by atoms with Gasteiger partial charge >= 0.3 is 0 Å². The molecule has 3 aromatic heterocycles. The van der Waals surface area contributed by atoms with Crippen molar-refractivity contribution in [2.75, 3.05) is 0 Å². The summed E-state index contributed by atoms with van der Waals surface area (Å²) < 4.78 is 10.8. The minimum atomic E-state index is -0.987. The quantitative estimate of drug-likeness (QED) is 0.681. The van der Waals surface area contributed by atoms with Crippen LogP contribution in [0.25, 0.3) is 11.6 Å². The second-order valence-electron chi connectivity index (χ2n) is 4.96. The van der Waals surface area contributed by atoms with Gasteiger partial charge in [0.1, 0.15) is 5.69 Å². The Bertz CT molecular complexity index is 904. The predicted molar refractivity (Wildman–Crippen MR) is 86.7 cm³/mol. The van der Waals surface area contributed by atoms with Crippen LogP contribution >= 0.6 is 15.9 Å². The number of rotatable bonds is 4. The largest absolute Gasteiger partial charge is 0.368 e. The molecule has 1 aliphatic heterocycles. The molecule has 0 saturated heterocycles. The Hall–Kier alpha value is -2.81. The van der Waals surface area contributed by atoms with E-state index in [0.717, 1.165) is 0 Å². The number of aromatic nitrogens is 5. The van der Waals surface area contributed by atoms with Crippen molar-refractivity contribution in [3.8, 4) is 11.6 Å². The Morgan fingerprint density at radius 3 is 2.79 bits per heavy atom. The molecule has 1 unspecified atom stereocenters. The van der Waals surface area contributed by atoms with E-state index in [1.54, 1.807) is 18.5 Å². The average molecular weight is 387 g/mol. The van der Waals surface area contributed by atoms with Crippen LogP contribution in [0.5, 0.6) is 0 Å². The first-order valence-electron chi connectivity index (χ1n) is 7.08. The zero-order valence-corrected chi connectivity index (χ0v) is 13.8. The molecule has 0 amide bonds. The maximum atomic E-state index is 5.39. The van der Waals surface area contributed by atoms with Crippen LogP contribution in [-0.4, -0.2) is 25.3 Å². The molecule has 1 atom stereocenters. The molecule has 0 bridgehead atoms. The van der Waals surface area contributed by atoms with Gasteiger partial charge in [-0.05, 0) is 30.5 Å². The summed E-state index contributed by atoms with van der Waals surface area (Å²) in [7, 11) is 0.